The average molecular weight is 437 g/mol. The number of ketones is 1. The van der Waals surface area contributed by atoms with E-state index in [0.29, 0.717) is 31.0 Å². The van der Waals surface area contributed by atoms with E-state index >= 15 is 0 Å². The Morgan fingerprint density at radius 3 is 2.38 bits per heavy atom. The molecular weight excluding hydrogens is 404 g/mol. The number of likely N-dealkylation sites (N-methyl/N-ethyl adjacent to an activating group) is 1. The van der Waals surface area contributed by atoms with Crippen LogP contribution in [0.15, 0.2) is 48.0 Å². The van der Waals surface area contributed by atoms with Gasteiger partial charge in [0.25, 0.3) is 11.7 Å². The molecule has 32 heavy (non-hydrogen) atoms. The highest BCUT2D eigenvalue weighted by atomic mass is 16.5. The first kappa shape index (κ1) is 23.5. The molecule has 1 aliphatic heterocycles. The van der Waals surface area contributed by atoms with E-state index in [1.165, 1.54) is 0 Å². The number of carbonyl (C=O) groups excluding carboxylic acids is 2. The summed E-state index contributed by atoms with van der Waals surface area (Å²) < 4.78 is 5.68. The second kappa shape index (κ2) is 10.0. The van der Waals surface area contributed by atoms with Crippen molar-refractivity contribution in [3.63, 3.8) is 0 Å². The molecule has 6 heteroatoms. The zero-order chi connectivity index (χ0) is 23.4. The van der Waals surface area contributed by atoms with Gasteiger partial charge < -0.3 is 19.6 Å². The van der Waals surface area contributed by atoms with Gasteiger partial charge in [0.1, 0.15) is 11.5 Å². The number of aryl methyl sites for hydroxylation is 2. The zero-order valence-corrected chi connectivity index (χ0v) is 19.5. The Morgan fingerprint density at radius 1 is 1.09 bits per heavy atom. The predicted molar refractivity (Wildman–Crippen MR) is 126 cm³/mol. The standard InChI is InChI=1S/C26H32N2O4/c1-6-15-32-20-11-12-21(18(3)16-20)24(29)22-23(19-9-7-17(2)8-10-19)28(14-13-27(4)5)26(31)25(22)30/h7-12,16,23,29H,6,13-15H2,1-5H3/t23-/m0/s1. The molecule has 2 aromatic rings. The Kier molecular flexibility index (Phi) is 7.36. The monoisotopic (exact) mass is 436 g/mol. The highest BCUT2D eigenvalue weighted by Gasteiger charge is 2.46. The quantitative estimate of drug-likeness (QED) is 0.384. The van der Waals surface area contributed by atoms with Crippen LogP contribution in [0.3, 0.4) is 0 Å². The molecule has 1 atom stereocenters. The van der Waals surface area contributed by atoms with Crippen molar-refractivity contribution in [1.29, 1.82) is 0 Å². The summed E-state index contributed by atoms with van der Waals surface area (Å²) in [6.07, 6.45) is 0.897. The van der Waals surface area contributed by atoms with E-state index in [1.54, 1.807) is 17.0 Å². The Morgan fingerprint density at radius 2 is 1.78 bits per heavy atom. The summed E-state index contributed by atoms with van der Waals surface area (Å²) in [4.78, 5) is 29.6. The lowest BCUT2D eigenvalue weighted by molar-refractivity contribution is -0.140. The Balaban J connectivity index is 2.10. The second-order valence-corrected chi connectivity index (χ2v) is 8.53. The van der Waals surface area contributed by atoms with Gasteiger partial charge in [0.2, 0.25) is 0 Å². The number of hydrogen-bond donors (Lipinski definition) is 1. The maximum atomic E-state index is 13.1. The summed E-state index contributed by atoms with van der Waals surface area (Å²) in [6.45, 7) is 7.48. The van der Waals surface area contributed by atoms with Crippen molar-refractivity contribution in [3.05, 3.63) is 70.3 Å². The molecule has 0 bridgehead atoms. The van der Waals surface area contributed by atoms with Crippen LogP contribution in [-0.4, -0.2) is 60.4 Å². The Hall–Kier alpha value is -3.12. The highest BCUT2D eigenvalue weighted by Crippen LogP contribution is 2.40. The van der Waals surface area contributed by atoms with Gasteiger partial charge in [-0.05, 0) is 63.7 Å². The van der Waals surface area contributed by atoms with Crippen LogP contribution in [0.4, 0.5) is 0 Å². The maximum Gasteiger partial charge on any atom is 0.295 e. The molecule has 1 aliphatic rings. The first-order valence-electron chi connectivity index (χ1n) is 11.0. The maximum absolute atomic E-state index is 13.1. The van der Waals surface area contributed by atoms with Crippen LogP contribution >= 0.6 is 0 Å². The van der Waals surface area contributed by atoms with Crippen molar-refractivity contribution >= 4 is 17.4 Å². The van der Waals surface area contributed by atoms with Crippen molar-refractivity contribution < 1.29 is 19.4 Å². The number of hydrogen-bond acceptors (Lipinski definition) is 5. The Bertz CT molecular complexity index is 1020. The molecule has 0 aromatic heterocycles. The molecule has 2 aromatic carbocycles. The van der Waals surface area contributed by atoms with E-state index in [9.17, 15) is 14.7 Å². The van der Waals surface area contributed by atoms with E-state index in [-0.39, 0.29) is 11.3 Å². The first-order chi connectivity index (χ1) is 15.2. The fourth-order valence-electron chi connectivity index (χ4n) is 3.87. The third kappa shape index (κ3) is 4.86. The smallest absolute Gasteiger partial charge is 0.295 e. The lowest BCUT2D eigenvalue weighted by Gasteiger charge is -2.26. The number of aliphatic hydroxyl groups excluding tert-OH is 1. The van der Waals surface area contributed by atoms with Crippen molar-refractivity contribution in [3.8, 4) is 5.75 Å². The van der Waals surface area contributed by atoms with E-state index in [0.717, 1.165) is 23.1 Å². The Labute approximate surface area is 190 Å². The van der Waals surface area contributed by atoms with Gasteiger partial charge in [0.05, 0.1) is 18.2 Å². The largest absolute Gasteiger partial charge is 0.507 e. The van der Waals surface area contributed by atoms with Crippen LogP contribution in [0.1, 0.15) is 41.6 Å². The van der Waals surface area contributed by atoms with Gasteiger partial charge in [-0.3, -0.25) is 9.59 Å². The highest BCUT2D eigenvalue weighted by molar-refractivity contribution is 6.46. The number of nitrogens with zero attached hydrogens (tertiary/aromatic N) is 2. The number of Topliss-reactive ketones (excluding diaryl/α,β-unsaturated/α-hetero) is 1. The van der Waals surface area contributed by atoms with Crippen molar-refractivity contribution in [2.24, 2.45) is 0 Å². The second-order valence-electron chi connectivity index (χ2n) is 8.53. The van der Waals surface area contributed by atoms with E-state index in [2.05, 4.69) is 0 Å². The number of amides is 1. The lowest BCUT2D eigenvalue weighted by atomic mass is 9.93. The van der Waals surface area contributed by atoms with Crippen molar-refractivity contribution in [2.45, 2.75) is 33.2 Å². The van der Waals surface area contributed by atoms with E-state index < -0.39 is 17.7 Å². The van der Waals surface area contributed by atoms with Crippen LogP contribution < -0.4 is 4.74 Å². The van der Waals surface area contributed by atoms with Crippen LogP contribution in [0, 0.1) is 13.8 Å². The zero-order valence-electron chi connectivity index (χ0n) is 19.5. The van der Waals surface area contributed by atoms with Crippen LogP contribution in [0.2, 0.25) is 0 Å². The minimum atomic E-state index is -0.655. The fraction of sp³-hybridized carbons (Fsp3) is 0.385. The number of aliphatic hydroxyl groups is 1. The number of carbonyl (C=O) groups is 2. The van der Waals surface area contributed by atoms with Crippen LogP contribution in [0.5, 0.6) is 5.75 Å². The van der Waals surface area contributed by atoms with Crippen LogP contribution in [0.25, 0.3) is 5.76 Å². The summed E-state index contributed by atoms with van der Waals surface area (Å²) >= 11 is 0. The van der Waals surface area contributed by atoms with E-state index in [4.69, 9.17) is 4.74 Å². The van der Waals surface area contributed by atoms with E-state index in [1.807, 2.05) is 70.1 Å². The summed E-state index contributed by atoms with van der Waals surface area (Å²) in [6, 6.07) is 12.5. The molecule has 0 saturated carbocycles. The molecule has 0 unspecified atom stereocenters. The van der Waals surface area contributed by atoms with Gasteiger partial charge in [0, 0.05) is 18.7 Å². The predicted octanol–water partition coefficient (Wildman–Crippen LogP) is 4.08. The van der Waals surface area contributed by atoms with Crippen molar-refractivity contribution in [1.82, 2.24) is 9.80 Å². The van der Waals surface area contributed by atoms with Crippen molar-refractivity contribution in [2.75, 3.05) is 33.8 Å². The molecule has 170 valence electrons. The lowest BCUT2D eigenvalue weighted by Crippen LogP contribution is -2.35. The van der Waals surface area contributed by atoms with Gasteiger partial charge >= 0.3 is 0 Å². The number of likely N-dealkylation sites (tertiary alicyclic amines) is 1. The molecule has 0 radical (unpaired) electrons. The third-order valence-corrected chi connectivity index (χ3v) is 5.65. The molecule has 6 nitrogen and oxygen atoms in total. The van der Waals surface area contributed by atoms with Gasteiger partial charge in [0.15, 0.2) is 0 Å². The molecule has 1 saturated heterocycles. The summed E-state index contributed by atoms with van der Waals surface area (Å²) in [5.74, 6) is -0.680. The molecule has 0 aliphatic carbocycles. The van der Waals surface area contributed by atoms with Gasteiger partial charge in [-0.1, -0.05) is 36.8 Å². The number of benzene rings is 2. The molecule has 1 amide bonds. The number of ether oxygens (including phenoxy) is 1. The first-order valence-corrected chi connectivity index (χ1v) is 11.0. The molecule has 3 rings (SSSR count). The third-order valence-electron chi connectivity index (χ3n) is 5.65. The normalized spacial score (nSPS) is 17.9. The summed E-state index contributed by atoms with van der Waals surface area (Å²) in [7, 11) is 3.84. The average Bonchev–Trinajstić information content (AvgIpc) is 3.01. The summed E-state index contributed by atoms with van der Waals surface area (Å²) in [5, 5.41) is 11.3. The molecule has 1 N–H and O–H groups in total. The topological polar surface area (TPSA) is 70.1 Å². The molecule has 1 fully saturated rings. The minimum Gasteiger partial charge on any atom is -0.507 e. The SMILES string of the molecule is CCCOc1ccc(C(O)=C2C(=O)C(=O)N(CCN(C)C)[C@H]2c2ccc(C)cc2)c(C)c1. The van der Waals surface area contributed by atoms with Gasteiger partial charge in [-0.15, -0.1) is 0 Å². The fourth-order valence-corrected chi connectivity index (χ4v) is 3.87. The minimum absolute atomic E-state index is 0.128. The summed E-state index contributed by atoms with van der Waals surface area (Å²) in [5.41, 5.74) is 3.31. The molecule has 1 heterocycles. The van der Waals surface area contributed by atoms with Gasteiger partial charge in [-0.25, -0.2) is 0 Å². The number of rotatable bonds is 8. The molecule has 0 spiro atoms. The van der Waals surface area contributed by atoms with Gasteiger partial charge in [-0.2, -0.15) is 0 Å². The molecular formula is C26H32N2O4. The van der Waals surface area contributed by atoms with Crippen LogP contribution in [-0.2, 0) is 9.59 Å².